The van der Waals surface area contributed by atoms with E-state index in [1.54, 1.807) is 7.11 Å². The van der Waals surface area contributed by atoms with Crippen molar-refractivity contribution in [2.45, 2.75) is 38.9 Å². The normalized spacial score (nSPS) is 18.7. The Balaban J connectivity index is 2.00. The molecular weight excluding hydrogens is 310 g/mol. The molecule has 7 heteroatoms. The van der Waals surface area contributed by atoms with Crippen LogP contribution in [0.2, 0.25) is 0 Å². The molecule has 0 radical (unpaired) electrons. The number of ether oxygens (including phenoxy) is 1. The lowest BCUT2D eigenvalue weighted by atomic mass is 9.78. The number of rotatable bonds is 3. The summed E-state index contributed by atoms with van der Waals surface area (Å²) in [7, 11) is 1.07. The van der Waals surface area contributed by atoms with E-state index in [9.17, 15) is 4.39 Å². The van der Waals surface area contributed by atoms with Gasteiger partial charge in [0.1, 0.15) is 5.75 Å². The number of aromatic nitrogens is 2. The van der Waals surface area contributed by atoms with Gasteiger partial charge in [0.05, 0.1) is 36.3 Å². The van der Waals surface area contributed by atoms with Gasteiger partial charge in [-0.2, -0.15) is 0 Å². The predicted molar refractivity (Wildman–Crippen MR) is 89.7 cm³/mol. The SMILES string of the molecule is COc1ccc(B2OC(C)(C)C(C)(C)O2)cc1-c1ncc(F)cn1. The predicted octanol–water partition coefficient (Wildman–Crippen LogP) is 2.59. The van der Waals surface area contributed by atoms with E-state index in [0.717, 1.165) is 17.9 Å². The molecule has 24 heavy (non-hydrogen) atoms. The van der Waals surface area contributed by atoms with Crippen molar-refractivity contribution in [3.63, 3.8) is 0 Å². The lowest BCUT2D eigenvalue weighted by Crippen LogP contribution is -2.41. The lowest BCUT2D eigenvalue weighted by Gasteiger charge is -2.32. The van der Waals surface area contributed by atoms with Crippen molar-refractivity contribution in [2.24, 2.45) is 0 Å². The molecule has 1 fully saturated rings. The zero-order valence-electron chi connectivity index (χ0n) is 14.5. The number of methoxy groups -OCH3 is 1. The van der Waals surface area contributed by atoms with E-state index >= 15 is 0 Å². The summed E-state index contributed by atoms with van der Waals surface area (Å²) in [4.78, 5) is 8.07. The fourth-order valence-electron chi connectivity index (χ4n) is 2.48. The Morgan fingerprint density at radius 1 is 1.04 bits per heavy atom. The Bertz CT molecular complexity index is 734. The molecule has 126 valence electrons. The molecule has 1 aliphatic rings. The molecule has 1 aliphatic heterocycles. The molecule has 0 spiro atoms. The van der Waals surface area contributed by atoms with Gasteiger partial charge in [-0.25, -0.2) is 14.4 Å². The summed E-state index contributed by atoms with van der Waals surface area (Å²) in [6, 6.07) is 5.55. The Hall–Kier alpha value is -1.99. The molecule has 0 saturated carbocycles. The number of benzene rings is 1. The van der Waals surface area contributed by atoms with Crippen LogP contribution < -0.4 is 10.2 Å². The van der Waals surface area contributed by atoms with E-state index in [1.807, 2.05) is 45.9 Å². The maximum absolute atomic E-state index is 13.1. The van der Waals surface area contributed by atoms with Crippen LogP contribution >= 0.6 is 0 Å². The minimum absolute atomic E-state index is 0.381. The van der Waals surface area contributed by atoms with Crippen LogP contribution in [-0.4, -0.2) is 35.4 Å². The van der Waals surface area contributed by atoms with Crippen LogP contribution in [-0.2, 0) is 9.31 Å². The first kappa shape index (κ1) is 16.9. The summed E-state index contributed by atoms with van der Waals surface area (Å²) in [5.74, 6) is 0.494. The molecular formula is C17H20BFN2O3. The second kappa shape index (κ2) is 5.83. The average molecular weight is 330 g/mol. The highest BCUT2D eigenvalue weighted by molar-refractivity contribution is 6.62. The monoisotopic (exact) mass is 330 g/mol. The topological polar surface area (TPSA) is 53.5 Å². The van der Waals surface area contributed by atoms with Gasteiger partial charge in [0.15, 0.2) is 11.6 Å². The average Bonchev–Trinajstić information content (AvgIpc) is 2.75. The molecule has 3 rings (SSSR count). The highest BCUT2D eigenvalue weighted by Crippen LogP contribution is 2.37. The third-order valence-electron chi connectivity index (χ3n) is 4.61. The van der Waals surface area contributed by atoms with Crippen LogP contribution in [0.25, 0.3) is 11.4 Å². The number of hydrogen-bond donors (Lipinski definition) is 0. The van der Waals surface area contributed by atoms with Gasteiger partial charge in [-0.3, -0.25) is 0 Å². The molecule has 0 aliphatic carbocycles. The van der Waals surface area contributed by atoms with Gasteiger partial charge in [-0.15, -0.1) is 0 Å². The molecule has 0 unspecified atom stereocenters. The first-order valence-electron chi connectivity index (χ1n) is 7.75. The molecule has 0 N–H and O–H groups in total. The summed E-state index contributed by atoms with van der Waals surface area (Å²) in [5, 5.41) is 0. The van der Waals surface area contributed by atoms with E-state index in [0.29, 0.717) is 17.1 Å². The van der Waals surface area contributed by atoms with Crippen LogP contribution in [0.5, 0.6) is 5.75 Å². The summed E-state index contributed by atoms with van der Waals surface area (Å²) in [6.07, 6.45) is 2.26. The highest BCUT2D eigenvalue weighted by Gasteiger charge is 2.51. The largest absolute Gasteiger partial charge is 0.496 e. The molecule has 1 aromatic carbocycles. The Labute approximate surface area is 141 Å². The third kappa shape index (κ3) is 2.89. The smallest absolute Gasteiger partial charge is 0.494 e. The number of nitrogens with zero attached hydrogens (tertiary/aromatic N) is 2. The van der Waals surface area contributed by atoms with Crippen LogP contribution in [0.1, 0.15) is 27.7 Å². The first-order valence-corrected chi connectivity index (χ1v) is 7.75. The summed E-state index contributed by atoms with van der Waals surface area (Å²) >= 11 is 0. The molecule has 2 heterocycles. The summed E-state index contributed by atoms with van der Waals surface area (Å²) in [5.41, 5.74) is 0.635. The minimum atomic E-state index is -0.500. The van der Waals surface area contributed by atoms with Crippen molar-refractivity contribution in [3.8, 4) is 17.1 Å². The quantitative estimate of drug-likeness (QED) is 0.810. The molecule has 1 aromatic heterocycles. The van der Waals surface area contributed by atoms with E-state index in [-0.39, 0.29) is 0 Å². The van der Waals surface area contributed by atoms with Crippen LogP contribution in [0.3, 0.4) is 0 Å². The second-order valence-electron chi connectivity index (χ2n) is 6.77. The van der Waals surface area contributed by atoms with Gasteiger partial charge in [0.2, 0.25) is 0 Å². The minimum Gasteiger partial charge on any atom is -0.496 e. The Morgan fingerprint density at radius 2 is 1.62 bits per heavy atom. The number of hydrogen-bond acceptors (Lipinski definition) is 5. The standard InChI is InChI=1S/C17H20BFN2O3/c1-16(2)17(3,4)24-18(23-16)11-6-7-14(22-5)13(8-11)15-20-9-12(19)10-21-15/h6-10H,1-5H3. The van der Waals surface area contributed by atoms with Crippen molar-refractivity contribution in [3.05, 3.63) is 36.4 Å². The fraction of sp³-hybridized carbons (Fsp3) is 0.412. The van der Waals surface area contributed by atoms with Crippen molar-refractivity contribution in [2.75, 3.05) is 7.11 Å². The lowest BCUT2D eigenvalue weighted by molar-refractivity contribution is 0.00578. The van der Waals surface area contributed by atoms with Gasteiger partial charge in [-0.1, -0.05) is 6.07 Å². The molecule has 5 nitrogen and oxygen atoms in total. The molecule has 0 bridgehead atoms. The van der Waals surface area contributed by atoms with Gasteiger partial charge >= 0.3 is 7.12 Å². The van der Waals surface area contributed by atoms with E-state index in [1.165, 1.54) is 0 Å². The maximum Gasteiger partial charge on any atom is 0.494 e. The van der Waals surface area contributed by atoms with E-state index in [4.69, 9.17) is 14.0 Å². The highest BCUT2D eigenvalue weighted by atomic mass is 19.1. The van der Waals surface area contributed by atoms with Crippen LogP contribution in [0, 0.1) is 5.82 Å². The van der Waals surface area contributed by atoms with Crippen molar-refractivity contribution < 1.29 is 18.4 Å². The summed E-state index contributed by atoms with van der Waals surface area (Å²) in [6.45, 7) is 8.00. The van der Waals surface area contributed by atoms with E-state index < -0.39 is 24.1 Å². The van der Waals surface area contributed by atoms with Crippen molar-refractivity contribution in [1.82, 2.24) is 9.97 Å². The Morgan fingerprint density at radius 3 is 2.17 bits per heavy atom. The molecule has 0 amide bonds. The van der Waals surface area contributed by atoms with Gasteiger partial charge in [0, 0.05) is 0 Å². The van der Waals surface area contributed by atoms with Crippen LogP contribution in [0.15, 0.2) is 30.6 Å². The fourth-order valence-corrected chi connectivity index (χ4v) is 2.48. The third-order valence-corrected chi connectivity index (χ3v) is 4.61. The molecule has 2 aromatic rings. The zero-order chi connectivity index (χ0) is 17.5. The molecule has 0 atom stereocenters. The van der Waals surface area contributed by atoms with Gasteiger partial charge in [-0.05, 0) is 45.3 Å². The van der Waals surface area contributed by atoms with Crippen molar-refractivity contribution >= 4 is 12.6 Å². The zero-order valence-corrected chi connectivity index (χ0v) is 14.5. The maximum atomic E-state index is 13.1. The molecule has 1 saturated heterocycles. The number of halogens is 1. The van der Waals surface area contributed by atoms with Gasteiger partial charge in [0.25, 0.3) is 0 Å². The second-order valence-corrected chi connectivity index (χ2v) is 6.77. The van der Waals surface area contributed by atoms with Crippen molar-refractivity contribution in [1.29, 1.82) is 0 Å². The Kier molecular flexibility index (Phi) is 4.09. The summed E-state index contributed by atoms with van der Waals surface area (Å²) < 4.78 is 30.6. The van der Waals surface area contributed by atoms with Crippen LogP contribution in [0.4, 0.5) is 4.39 Å². The first-order chi connectivity index (χ1) is 11.2. The van der Waals surface area contributed by atoms with E-state index in [2.05, 4.69) is 9.97 Å². The van der Waals surface area contributed by atoms with Gasteiger partial charge < -0.3 is 14.0 Å².